The Morgan fingerprint density at radius 3 is 2.97 bits per heavy atom. The number of fused-ring (bicyclic) bond motifs is 1. The molecule has 0 unspecified atom stereocenters. The number of hydrogen-bond donors (Lipinski definition) is 1. The summed E-state index contributed by atoms with van der Waals surface area (Å²) in [4.78, 5) is 16.6. The summed E-state index contributed by atoms with van der Waals surface area (Å²) in [5, 5.41) is 7.23. The smallest absolute Gasteiger partial charge is 0.269 e. The van der Waals surface area contributed by atoms with E-state index in [9.17, 15) is 9.18 Å². The highest BCUT2D eigenvalue weighted by atomic mass is 19.1. The fourth-order valence-electron chi connectivity index (χ4n) is 3.62. The Kier molecular flexibility index (Phi) is 5.29. The minimum Gasteiger partial charge on any atom is -0.485 e. The van der Waals surface area contributed by atoms with Gasteiger partial charge in [-0.05, 0) is 36.2 Å². The van der Waals surface area contributed by atoms with E-state index in [0.717, 1.165) is 35.2 Å². The lowest BCUT2D eigenvalue weighted by Crippen LogP contribution is -2.35. The number of nitrogens with zero attached hydrogens (tertiary/aromatic N) is 3. The van der Waals surface area contributed by atoms with Gasteiger partial charge in [-0.15, -0.1) is 0 Å². The standard InChI is InChI=1S/C22H23FN4O2/c1-3-5-17-11-20(27(2)26-17)22(28)25-13-18-9-16-8-15(10-19(23)21(16)29-18)14-6-4-7-24-12-14/h4,6-8,10-12,18H,3,5,9,13H2,1-2H3,(H,25,28)/t18-/m1/s1. The molecule has 0 radical (unpaired) electrons. The molecule has 29 heavy (non-hydrogen) atoms. The van der Waals surface area contributed by atoms with Crippen molar-refractivity contribution < 1.29 is 13.9 Å². The molecule has 1 amide bonds. The number of rotatable bonds is 6. The van der Waals surface area contributed by atoms with Gasteiger partial charge < -0.3 is 10.1 Å². The number of amides is 1. The van der Waals surface area contributed by atoms with Gasteiger partial charge in [0, 0.05) is 37.0 Å². The number of aryl methyl sites for hydroxylation is 2. The number of hydrogen-bond acceptors (Lipinski definition) is 4. The first-order chi connectivity index (χ1) is 14.0. The Morgan fingerprint density at radius 2 is 2.21 bits per heavy atom. The van der Waals surface area contributed by atoms with Crippen LogP contribution in [0.15, 0.2) is 42.7 Å². The van der Waals surface area contributed by atoms with Crippen molar-refractivity contribution in [1.82, 2.24) is 20.1 Å². The van der Waals surface area contributed by atoms with Crippen LogP contribution >= 0.6 is 0 Å². The molecule has 0 spiro atoms. The maximum absolute atomic E-state index is 14.6. The van der Waals surface area contributed by atoms with Crippen LogP contribution in [0.2, 0.25) is 0 Å². The molecule has 4 rings (SSSR count). The van der Waals surface area contributed by atoms with Gasteiger partial charge in [-0.2, -0.15) is 5.10 Å². The lowest BCUT2D eigenvalue weighted by atomic mass is 10.0. The van der Waals surface area contributed by atoms with Gasteiger partial charge in [0.2, 0.25) is 0 Å². The molecule has 2 aromatic heterocycles. The summed E-state index contributed by atoms with van der Waals surface area (Å²) in [7, 11) is 1.76. The molecule has 1 atom stereocenters. The normalized spacial score (nSPS) is 15.1. The van der Waals surface area contributed by atoms with Gasteiger partial charge in [0.15, 0.2) is 11.6 Å². The summed E-state index contributed by atoms with van der Waals surface area (Å²) in [6, 6.07) is 8.90. The van der Waals surface area contributed by atoms with Crippen LogP contribution in [0.1, 0.15) is 35.1 Å². The van der Waals surface area contributed by atoms with Crippen LogP contribution in [0.5, 0.6) is 5.75 Å². The Morgan fingerprint density at radius 1 is 1.34 bits per heavy atom. The van der Waals surface area contributed by atoms with Crippen LogP contribution in [-0.2, 0) is 19.9 Å². The van der Waals surface area contributed by atoms with Crippen molar-refractivity contribution in [2.24, 2.45) is 7.05 Å². The zero-order chi connectivity index (χ0) is 20.4. The third-order valence-electron chi connectivity index (χ3n) is 5.01. The van der Waals surface area contributed by atoms with E-state index in [1.54, 1.807) is 24.1 Å². The van der Waals surface area contributed by atoms with Gasteiger partial charge in [-0.3, -0.25) is 14.5 Å². The molecule has 0 aliphatic carbocycles. The van der Waals surface area contributed by atoms with E-state index in [1.807, 2.05) is 24.3 Å². The van der Waals surface area contributed by atoms with E-state index in [4.69, 9.17) is 4.74 Å². The Labute approximate surface area is 168 Å². The highest BCUT2D eigenvalue weighted by Crippen LogP contribution is 2.35. The highest BCUT2D eigenvalue weighted by molar-refractivity contribution is 5.92. The number of halogens is 1. The molecule has 1 N–H and O–H groups in total. The van der Waals surface area contributed by atoms with E-state index in [-0.39, 0.29) is 17.8 Å². The molecule has 1 aromatic carbocycles. The summed E-state index contributed by atoms with van der Waals surface area (Å²) < 4.78 is 21.9. The van der Waals surface area contributed by atoms with Crippen molar-refractivity contribution in [2.75, 3.05) is 6.54 Å². The average Bonchev–Trinajstić information content (AvgIpc) is 3.30. The van der Waals surface area contributed by atoms with Crippen molar-refractivity contribution in [3.8, 4) is 16.9 Å². The van der Waals surface area contributed by atoms with Gasteiger partial charge in [0.1, 0.15) is 11.8 Å². The fraction of sp³-hybridized carbons (Fsp3) is 0.318. The molecule has 0 fully saturated rings. The van der Waals surface area contributed by atoms with Gasteiger partial charge >= 0.3 is 0 Å². The molecule has 0 saturated carbocycles. The van der Waals surface area contributed by atoms with E-state index in [0.29, 0.717) is 18.7 Å². The number of ether oxygens (including phenoxy) is 1. The first kappa shape index (κ1) is 19.1. The Balaban J connectivity index is 1.42. The number of carbonyl (C=O) groups excluding carboxylic acids is 1. The zero-order valence-corrected chi connectivity index (χ0v) is 16.5. The molecule has 150 valence electrons. The topological polar surface area (TPSA) is 69.0 Å². The maximum Gasteiger partial charge on any atom is 0.269 e. The predicted molar refractivity (Wildman–Crippen MR) is 107 cm³/mol. The second-order valence-corrected chi connectivity index (χ2v) is 7.24. The largest absolute Gasteiger partial charge is 0.485 e. The maximum atomic E-state index is 14.6. The Bertz CT molecular complexity index is 1030. The minimum atomic E-state index is -0.397. The third kappa shape index (κ3) is 3.99. The summed E-state index contributed by atoms with van der Waals surface area (Å²) in [6.07, 6.45) is 5.42. The lowest BCUT2D eigenvalue weighted by Gasteiger charge is -2.12. The molecule has 3 aromatic rings. The van der Waals surface area contributed by atoms with Crippen LogP contribution in [-0.4, -0.2) is 33.3 Å². The van der Waals surface area contributed by atoms with E-state index in [1.165, 1.54) is 6.07 Å². The van der Waals surface area contributed by atoms with Crippen LogP contribution in [0.25, 0.3) is 11.1 Å². The number of pyridine rings is 1. The lowest BCUT2D eigenvalue weighted by molar-refractivity contribution is 0.0923. The summed E-state index contributed by atoms with van der Waals surface area (Å²) >= 11 is 0. The number of nitrogens with one attached hydrogen (secondary N) is 1. The van der Waals surface area contributed by atoms with Crippen molar-refractivity contribution >= 4 is 5.91 Å². The monoisotopic (exact) mass is 394 g/mol. The molecular formula is C22H23FN4O2. The number of benzene rings is 1. The second kappa shape index (κ2) is 8.03. The van der Waals surface area contributed by atoms with Gasteiger partial charge in [-0.25, -0.2) is 4.39 Å². The SMILES string of the molecule is CCCc1cc(C(=O)NC[C@H]2Cc3cc(-c4cccnc4)cc(F)c3O2)n(C)n1. The molecule has 3 heterocycles. The number of aromatic nitrogens is 3. The first-order valence-electron chi connectivity index (χ1n) is 9.75. The second-order valence-electron chi connectivity index (χ2n) is 7.24. The van der Waals surface area contributed by atoms with Crippen LogP contribution in [0.3, 0.4) is 0 Å². The average molecular weight is 394 g/mol. The van der Waals surface area contributed by atoms with Crippen molar-refractivity contribution in [2.45, 2.75) is 32.3 Å². The molecule has 0 saturated heterocycles. The molecular weight excluding hydrogens is 371 g/mol. The fourth-order valence-corrected chi connectivity index (χ4v) is 3.62. The van der Waals surface area contributed by atoms with Gasteiger partial charge in [0.25, 0.3) is 5.91 Å². The summed E-state index contributed by atoms with van der Waals surface area (Å²) in [5.74, 6) is -0.341. The van der Waals surface area contributed by atoms with Crippen LogP contribution in [0.4, 0.5) is 4.39 Å². The van der Waals surface area contributed by atoms with Gasteiger partial charge in [0.05, 0.1) is 12.2 Å². The molecule has 1 aliphatic heterocycles. The minimum absolute atomic E-state index is 0.210. The van der Waals surface area contributed by atoms with Gasteiger partial charge in [-0.1, -0.05) is 19.4 Å². The quantitative estimate of drug-likeness (QED) is 0.697. The van der Waals surface area contributed by atoms with Crippen molar-refractivity contribution in [1.29, 1.82) is 0 Å². The van der Waals surface area contributed by atoms with Crippen molar-refractivity contribution in [3.63, 3.8) is 0 Å². The van der Waals surface area contributed by atoms with Crippen molar-refractivity contribution in [3.05, 3.63) is 65.5 Å². The molecule has 7 heteroatoms. The highest BCUT2D eigenvalue weighted by Gasteiger charge is 2.27. The van der Waals surface area contributed by atoms with E-state index < -0.39 is 5.82 Å². The number of carbonyl (C=O) groups is 1. The predicted octanol–water partition coefficient (Wildman–Crippen LogP) is 3.31. The zero-order valence-electron chi connectivity index (χ0n) is 16.5. The van der Waals surface area contributed by atoms with E-state index >= 15 is 0 Å². The Hall–Kier alpha value is -3.22. The first-order valence-corrected chi connectivity index (χ1v) is 9.75. The molecule has 6 nitrogen and oxygen atoms in total. The third-order valence-corrected chi connectivity index (χ3v) is 5.01. The van der Waals surface area contributed by atoms with Crippen LogP contribution < -0.4 is 10.1 Å². The summed E-state index contributed by atoms with van der Waals surface area (Å²) in [6.45, 7) is 2.37. The molecule has 1 aliphatic rings. The molecule has 0 bridgehead atoms. The van der Waals surface area contributed by atoms with E-state index in [2.05, 4.69) is 22.3 Å². The van der Waals surface area contributed by atoms with Crippen LogP contribution in [0, 0.1) is 5.82 Å². The summed E-state index contributed by atoms with van der Waals surface area (Å²) in [5.41, 5.74) is 3.82.